The third-order valence-electron chi connectivity index (χ3n) is 12.6. The van der Waals surface area contributed by atoms with E-state index in [1.165, 1.54) is 32.7 Å². The van der Waals surface area contributed by atoms with Gasteiger partial charge in [0.25, 0.3) is 0 Å². The summed E-state index contributed by atoms with van der Waals surface area (Å²) in [6, 6.07) is 70.3. The van der Waals surface area contributed by atoms with Gasteiger partial charge in [-0.25, -0.2) is 4.85 Å². The predicted octanol–water partition coefficient (Wildman–Crippen LogP) is 18.3. The predicted molar refractivity (Wildman–Crippen MR) is 290 cm³/mol. The first-order valence-electron chi connectivity index (χ1n) is 23.2. The van der Waals surface area contributed by atoms with Crippen LogP contribution in [0.15, 0.2) is 194 Å². The van der Waals surface area contributed by atoms with E-state index < -0.39 is 0 Å². The van der Waals surface area contributed by atoms with Crippen molar-refractivity contribution in [1.82, 2.24) is 0 Å². The van der Waals surface area contributed by atoms with Crippen molar-refractivity contribution in [2.24, 2.45) is 0 Å². The molecule has 0 saturated heterocycles. The van der Waals surface area contributed by atoms with Gasteiger partial charge in [0.15, 0.2) is 5.69 Å². The fourth-order valence-electron chi connectivity index (χ4n) is 9.20. The molecule has 68 heavy (non-hydrogen) atoms. The zero-order valence-electron chi connectivity index (χ0n) is 39.6. The lowest BCUT2D eigenvalue weighted by Gasteiger charge is -2.29. The van der Waals surface area contributed by atoms with Crippen molar-refractivity contribution in [3.63, 3.8) is 0 Å². The fourth-order valence-corrected chi connectivity index (χ4v) is 9.20. The van der Waals surface area contributed by atoms with E-state index in [0.717, 1.165) is 45.3 Å². The molecule has 0 bridgehead atoms. The molecule has 0 fully saturated rings. The molecule has 0 heterocycles. The van der Waals surface area contributed by atoms with Gasteiger partial charge >= 0.3 is 0 Å². The van der Waals surface area contributed by atoms with E-state index in [4.69, 9.17) is 6.57 Å². The topological polar surface area (TPSA) is 34.6 Å². The molecule has 0 aliphatic carbocycles. The number of nitrogens with zero attached hydrogens (tertiary/aromatic N) is 4. The molecule has 0 aliphatic heterocycles. The molecule has 9 aromatic carbocycles. The Morgan fingerprint density at radius 2 is 0.809 bits per heavy atom. The number of hydrogen-bond donors (Lipinski definition) is 0. The van der Waals surface area contributed by atoms with Gasteiger partial charge in [0.05, 0.1) is 29.6 Å². The summed E-state index contributed by atoms with van der Waals surface area (Å²) in [4.78, 5) is 8.52. The second-order valence-electron chi connectivity index (χ2n) is 19.3. The maximum atomic E-state index is 10.3. The quantitative estimate of drug-likeness (QED) is 0.101. The van der Waals surface area contributed by atoms with Crippen LogP contribution in [0.5, 0.6) is 0 Å². The number of nitriles is 1. The van der Waals surface area contributed by atoms with E-state index in [9.17, 15) is 5.26 Å². The Balaban J connectivity index is 0.979. The van der Waals surface area contributed by atoms with Crippen LogP contribution in [0.2, 0.25) is 0 Å². The second kappa shape index (κ2) is 18.8. The summed E-state index contributed by atoms with van der Waals surface area (Å²) in [5.41, 5.74) is 13.4. The lowest BCUT2D eigenvalue weighted by atomic mass is 9.83. The van der Waals surface area contributed by atoms with Crippen LogP contribution < -0.4 is 9.80 Å². The summed E-state index contributed by atoms with van der Waals surface area (Å²) in [6.45, 7) is 21.7. The van der Waals surface area contributed by atoms with Crippen LogP contribution in [-0.4, -0.2) is 0 Å². The molecule has 0 atom stereocenters. The van der Waals surface area contributed by atoms with Crippen LogP contribution in [-0.2, 0) is 10.8 Å². The molecule has 0 amide bonds. The monoisotopic (exact) mass is 878 g/mol. The summed E-state index contributed by atoms with van der Waals surface area (Å²) >= 11 is 0. The van der Waals surface area contributed by atoms with Crippen LogP contribution >= 0.6 is 0 Å². The average Bonchev–Trinajstić information content (AvgIpc) is 3.36. The highest BCUT2D eigenvalue weighted by Crippen LogP contribution is 2.44. The minimum atomic E-state index is -0.00112. The highest BCUT2D eigenvalue weighted by molar-refractivity contribution is 6.02. The SMILES string of the molecule is [C-]#[N+]c1cc(C=Cc2ccc(N(c3ccccc3)c3ccc(C(C)(C)C)c4ccccc34)cc2)c(C#N)cc1C=Cc1ccc(N(c2ccccc2)c2ccc(C(C)(C)C)c3ccccc23)cc1. The van der Waals surface area contributed by atoms with Crippen molar-refractivity contribution in [2.75, 3.05) is 9.80 Å². The number of hydrogen-bond acceptors (Lipinski definition) is 3. The van der Waals surface area contributed by atoms with Crippen LogP contribution in [0.25, 0.3) is 50.7 Å². The summed E-state index contributed by atoms with van der Waals surface area (Å²) in [7, 11) is 0. The molecule has 0 aliphatic rings. The lowest BCUT2D eigenvalue weighted by Crippen LogP contribution is -2.14. The first-order valence-corrected chi connectivity index (χ1v) is 23.2. The molecule has 0 spiro atoms. The van der Waals surface area contributed by atoms with Crippen LogP contribution in [0.4, 0.5) is 39.8 Å². The standard InChI is InChI=1S/C64H54N4/c1-63(2,3)58-38-40-61(56-24-16-14-22-54(56)58)67(50-18-10-8-11-19-50)52-34-28-45(29-35-52)26-32-47-43-60(66-7)48(42-49(47)44-65)33-27-46-30-36-53(37-31-46)68(51-20-12-9-13-21-51)62-41-39-59(64(4,5)6)55-23-15-17-25-57(55)62/h8-43H,1-6H3. The summed E-state index contributed by atoms with van der Waals surface area (Å²) in [6.07, 6.45) is 7.88. The number of benzene rings is 9. The maximum absolute atomic E-state index is 10.3. The Morgan fingerprint density at radius 3 is 1.21 bits per heavy atom. The van der Waals surface area contributed by atoms with Crippen LogP contribution in [0, 0.1) is 17.9 Å². The molecule has 0 unspecified atom stereocenters. The van der Waals surface area contributed by atoms with Gasteiger partial charge in [0, 0.05) is 33.5 Å². The van der Waals surface area contributed by atoms with Gasteiger partial charge in [0.1, 0.15) is 0 Å². The minimum Gasteiger partial charge on any atom is -0.310 e. The molecular weight excluding hydrogens is 825 g/mol. The Morgan fingerprint density at radius 1 is 0.426 bits per heavy atom. The third kappa shape index (κ3) is 9.19. The molecule has 4 heteroatoms. The number of fused-ring (bicyclic) bond motifs is 2. The zero-order valence-corrected chi connectivity index (χ0v) is 39.6. The van der Waals surface area contributed by atoms with Gasteiger partial charge in [-0.05, 0) is 128 Å². The van der Waals surface area contributed by atoms with Crippen molar-refractivity contribution in [1.29, 1.82) is 5.26 Å². The Labute approximate surface area is 401 Å². The highest BCUT2D eigenvalue weighted by atomic mass is 15.1. The van der Waals surface area contributed by atoms with Crippen molar-refractivity contribution in [3.8, 4) is 6.07 Å². The zero-order chi connectivity index (χ0) is 47.4. The number of anilines is 6. The van der Waals surface area contributed by atoms with E-state index in [-0.39, 0.29) is 10.8 Å². The van der Waals surface area contributed by atoms with Gasteiger partial charge in [-0.2, -0.15) is 5.26 Å². The fraction of sp³-hybridized carbons (Fsp3) is 0.125. The second-order valence-corrected chi connectivity index (χ2v) is 19.3. The molecule has 330 valence electrons. The molecular formula is C64H54N4. The summed E-state index contributed by atoms with van der Waals surface area (Å²) in [5, 5.41) is 15.2. The van der Waals surface area contributed by atoms with Gasteiger partial charge in [-0.15, -0.1) is 0 Å². The highest BCUT2D eigenvalue weighted by Gasteiger charge is 2.23. The van der Waals surface area contributed by atoms with Crippen molar-refractivity contribution < 1.29 is 0 Å². The number of rotatable bonds is 10. The van der Waals surface area contributed by atoms with E-state index in [0.29, 0.717) is 22.4 Å². The van der Waals surface area contributed by atoms with Gasteiger partial charge in [-0.1, -0.05) is 187 Å². The van der Waals surface area contributed by atoms with Gasteiger partial charge in [0.2, 0.25) is 0 Å². The molecule has 9 aromatic rings. The summed E-state index contributed by atoms with van der Waals surface area (Å²) in [5.74, 6) is 0. The third-order valence-corrected chi connectivity index (χ3v) is 12.6. The smallest absolute Gasteiger partial charge is 0.194 e. The van der Waals surface area contributed by atoms with Crippen molar-refractivity contribution >= 4 is 85.7 Å². The molecule has 0 radical (unpaired) electrons. The first kappa shape index (κ1) is 44.7. The van der Waals surface area contributed by atoms with Crippen LogP contribution in [0.1, 0.15) is 80.5 Å². The first-order chi connectivity index (χ1) is 32.9. The minimum absolute atomic E-state index is 0.000941. The molecule has 0 N–H and O–H groups in total. The number of para-hydroxylation sites is 2. The van der Waals surface area contributed by atoms with Crippen molar-refractivity contribution in [3.05, 3.63) is 244 Å². The lowest BCUT2D eigenvalue weighted by molar-refractivity contribution is 0.595. The normalized spacial score (nSPS) is 11.8. The van der Waals surface area contributed by atoms with E-state index in [1.807, 2.05) is 48.6 Å². The molecule has 9 rings (SSSR count). The largest absolute Gasteiger partial charge is 0.310 e. The Kier molecular flexibility index (Phi) is 12.4. The maximum Gasteiger partial charge on any atom is 0.194 e. The Hall–Kier alpha value is -8.44. The summed E-state index contributed by atoms with van der Waals surface area (Å²) < 4.78 is 0. The van der Waals surface area contributed by atoms with E-state index in [2.05, 4.69) is 232 Å². The Bertz CT molecular complexity index is 3180. The van der Waals surface area contributed by atoms with E-state index >= 15 is 0 Å². The van der Waals surface area contributed by atoms with Crippen LogP contribution in [0.3, 0.4) is 0 Å². The average molecular weight is 879 g/mol. The molecule has 0 saturated carbocycles. The van der Waals surface area contributed by atoms with Gasteiger partial charge in [-0.3, -0.25) is 0 Å². The van der Waals surface area contributed by atoms with Gasteiger partial charge < -0.3 is 9.80 Å². The molecule has 0 aromatic heterocycles. The van der Waals surface area contributed by atoms with E-state index in [1.54, 1.807) is 0 Å². The van der Waals surface area contributed by atoms with Crippen molar-refractivity contribution in [2.45, 2.75) is 52.4 Å². The molecule has 4 nitrogen and oxygen atoms in total.